The molecule has 0 aliphatic heterocycles. The van der Waals surface area contributed by atoms with Crippen LogP contribution >= 0.6 is 0 Å². The summed E-state index contributed by atoms with van der Waals surface area (Å²) in [6.45, 7) is 8.79. The number of anilines is 1. The highest BCUT2D eigenvalue weighted by Crippen LogP contribution is 2.16. The van der Waals surface area contributed by atoms with Crippen LogP contribution in [0, 0.1) is 13.8 Å². The summed E-state index contributed by atoms with van der Waals surface area (Å²) < 4.78 is 0. The maximum atomic E-state index is 12.1. The van der Waals surface area contributed by atoms with Crippen LogP contribution in [0.5, 0.6) is 0 Å². The Balaban J connectivity index is 2.44. The second-order valence-corrected chi connectivity index (χ2v) is 7.09. The first-order valence-electron chi connectivity index (χ1n) is 8.06. The van der Waals surface area contributed by atoms with Gasteiger partial charge in [-0.2, -0.15) is 0 Å². The number of aryl methyl sites for hydroxylation is 2. The number of rotatable bonds is 8. The molecule has 1 amide bonds. The minimum absolute atomic E-state index is 0.00519. The van der Waals surface area contributed by atoms with Crippen LogP contribution in [0.1, 0.15) is 31.4 Å². The lowest BCUT2D eigenvalue weighted by atomic mass is 10.1. The van der Waals surface area contributed by atoms with E-state index in [0.29, 0.717) is 19.5 Å². The first-order valence-corrected chi connectivity index (χ1v) is 8.06. The third-order valence-electron chi connectivity index (χ3n) is 3.64. The van der Waals surface area contributed by atoms with Gasteiger partial charge in [-0.1, -0.05) is 17.7 Å². The van der Waals surface area contributed by atoms with Crippen molar-refractivity contribution in [3.05, 3.63) is 29.3 Å². The van der Waals surface area contributed by atoms with Gasteiger partial charge in [0.2, 0.25) is 5.91 Å². The van der Waals surface area contributed by atoms with E-state index in [1.807, 2.05) is 51.9 Å². The second-order valence-electron chi connectivity index (χ2n) is 7.09. The van der Waals surface area contributed by atoms with Crippen LogP contribution in [0.4, 0.5) is 5.69 Å². The number of nitrogens with one attached hydrogen (secondary N) is 2. The van der Waals surface area contributed by atoms with E-state index < -0.39 is 5.60 Å². The predicted molar refractivity (Wildman–Crippen MR) is 95.8 cm³/mol. The quantitative estimate of drug-likeness (QED) is 0.684. The van der Waals surface area contributed by atoms with E-state index in [2.05, 4.69) is 16.7 Å². The Bertz CT molecular complexity index is 527. The first-order chi connectivity index (χ1) is 10.6. The van der Waals surface area contributed by atoms with Crippen molar-refractivity contribution in [2.75, 3.05) is 32.5 Å². The zero-order valence-corrected chi connectivity index (χ0v) is 15.2. The molecule has 0 aliphatic carbocycles. The van der Waals surface area contributed by atoms with Gasteiger partial charge in [0, 0.05) is 31.2 Å². The van der Waals surface area contributed by atoms with Crippen LogP contribution in [-0.2, 0) is 4.79 Å². The van der Waals surface area contributed by atoms with Crippen LogP contribution < -0.4 is 10.6 Å². The van der Waals surface area contributed by atoms with Crippen LogP contribution in [0.25, 0.3) is 0 Å². The van der Waals surface area contributed by atoms with E-state index in [9.17, 15) is 9.90 Å². The Labute approximate surface area is 140 Å². The minimum atomic E-state index is -0.818. The summed E-state index contributed by atoms with van der Waals surface area (Å²) in [4.78, 5) is 14.1. The van der Waals surface area contributed by atoms with Crippen molar-refractivity contribution in [1.29, 1.82) is 0 Å². The van der Waals surface area contributed by atoms with E-state index in [-0.39, 0.29) is 11.9 Å². The van der Waals surface area contributed by atoms with Crippen molar-refractivity contribution in [3.63, 3.8) is 0 Å². The molecule has 1 aromatic carbocycles. The molecule has 5 heteroatoms. The fraction of sp³-hybridized carbons (Fsp3) is 0.611. The molecule has 2 atom stereocenters. The highest BCUT2D eigenvalue weighted by molar-refractivity contribution is 5.91. The lowest BCUT2D eigenvalue weighted by molar-refractivity contribution is -0.116. The van der Waals surface area contributed by atoms with Crippen LogP contribution in [-0.4, -0.2) is 54.7 Å². The topological polar surface area (TPSA) is 64.6 Å². The molecule has 1 aromatic rings. The SMILES string of the molecule is Cc1ccc(NC(=O)CC(C)NCC(C)(O)CN(C)C)c(C)c1. The van der Waals surface area contributed by atoms with Crippen molar-refractivity contribution < 1.29 is 9.90 Å². The summed E-state index contributed by atoms with van der Waals surface area (Å²) >= 11 is 0. The molecule has 0 saturated heterocycles. The summed E-state index contributed by atoms with van der Waals surface area (Å²) in [5, 5.41) is 16.4. The summed E-state index contributed by atoms with van der Waals surface area (Å²) in [6, 6.07) is 5.97. The highest BCUT2D eigenvalue weighted by Gasteiger charge is 2.22. The molecule has 3 N–H and O–H groups in total. The first kappa shape index (κ1) is 19.6. The van der Waals surface area contributed by atoms with Crippen molar-refractivity contribution in [1.82, 2.24) is 10.2 Å². The summed E-state index contributed by atoms with van der Waals surface area (Å²) in [5.74, 6) is -0.0239. The maximum absolute atomic E-state index is 12.1. The molecule has 0 spiro atoms. The normalized spacial score (nSPS) is 15.3. The van der Waals surface area contributed by atoms with Gasteiger partial charge in [-0.15, -0.1) is 0 Å². The molecule has 0 aliphatic rings. The van der Waals surface area contributed by atoms with Gasteiger partial charge >= 0.3 is 0 Å². The molecule has 23 heavy (non-hydrogen) atoms. The number of aliphatic hydroxyl groups is 1. The zero-order chi connectivity index (χ0) is 17.6. The van der Waals surface area contributed by atoms with E-state index in [1.54, 1.807) is 6.92 Å². The van der Waals surface area contributed by atoms with Gasteiger partial charge in [-0.25, -0.2) is 0 Å². The fourth-order valence-electron chi connectivity index (χ4n) is 2.64. The van der Waals surface area contributed by atoms with E-state index in [0.717, 1.165) is 11.3 Å². The number of amides is 1. The highest BCUT2D eigenvalue weighted by atomic mass is 16.3. The number of carbonyl (C=O) groups is 1. The standard InChI is InChI=1S/C18H31N3O2/c1-13-7-8-16(14(2)9-13)20-17(22)10-15(3)19-11-18(4,23)12-21(5)6/h7-9,15,19,23H,10-12H2,1-6H3,(H,20,22). The Kier molecular flexibility index (Phi) is 7.19. The smallest absolute Gasteiger partial charge is 0.225 e. The Morgan fingerprint density at radius 1 is 1.35 bits per heavy atom. The summed E-state index contributed by atoms with van der Waals surface area (Å²) in [5.41, 5.74) is 2.28. The molecular formula is C18H31N3O2. The maximum Gasteiger partial charge on any atom is 0.225 e. The molecular weight excluding hydrogens is 290 g/mol. The molecule has 0 bridgehead atoms. The summed E-state index contributed by atoms with van der Waals surface area (Å²) in [7, 11) is 3.85. The molecule has 0 aromatic heterocycles. The van der Waals surface area contributed by atoms with Gasteiger partial charge in [0.15, 0.2) is 0 Å². The monoisotopic (exact) mass is 321 g/mol. The number of benzene rings is 1. The molecule has 2 unspecified atom stereocenters. The lowest BCUT2D eigenvalue weighted by Gasteiger charge is -2.28. The van der Waals surface area contributed by atoms with E-state index in [4.69, 9.17) is 0 Å². The Morgan fingerprint density at radius 2 is 2.00 bits per heavy atom. The molecule has 130 valence electrons. The molecule has 0 saturated carbocycles. The van der Waals surface area contributed by atoms with Crippen molar-refractivity contribution in [2.24, 2.45) is 0 Å². The number of likely N-dealkylation sites (N-methyl/N-ethyl adjacent to an activating group) is 1. The number of carbonyl (C=O) groups excluding carboxylic acids is 1. The van der Waals surface area contributed by atoms with Crippen molar-refractivity contribution in [2.45, 2.75) is 45.8 Å². The second kappa shape index (κ2) is 8.43. The fourth-order valence-corrected chi connectivity index (χ4v) is 2.64. The average molecular weight is 321 g/mol. The Hall–Kier alpha value is -1.43. The average Bonchev–Trinajstić information content (AvgIpc) is 2.38. The van der Waals surface area contributed by atoms with Crippen LogP contribution in [0.3, 0.4) is 0 Å². The third-order valence-corrected chi connectivity index (χ3v) is 3.64. The van der Waals surface area contributed by atoms with E-state index in [1.165, 1.54) is 5.56 Å². The molecule has 0 radical (unpaired) electrons. The third kappa shape index (κ3) is 7.59. The van der Waals surface area contributed by atoms with Crippen LogP contribution in [0.15, 0.2) is 18.2 Å². The van der Waals surface area contributed by atoms with Gasteiger partial charge < -0.3 is 20.6 Å². The van der Waals surface area contributed by atoms with Gasteiger partial charge in [0.1, 0.15) is 0 Å². The zero-order valence-electron chi connectivity index (χ0n) is 15.2. The Morgan fingerprint density at radius 3 is 2.57 bits per heavy atom. The molecule has 0 heterocycles. The molecule has 5 nitrogen and oxygen atoms in total. The molecule has 1 rings (SSSR count). The van der Waals surface area contributed by atoms with Gasteiger partial charge in [0.25, 0.3) is 0 Å². The minimum Gasteiger partial charge on any atom is -0.388 e. The predicted octanol–water partition coefficient (Wildman–Crippen LogP) is 1.92. The number of hydrogen-bond donors (Lipinski definition) is 3. The van der Waals surface area contributed by atoms with Gasteiger partial charge in [-0.05, 0) is 53.4 Å². The van der Waals surface area contributed by atoms with E-state index >= 15 is 0 Å². The van der Waals surface area contributed by atoms with Crippen LogP contribution in [0.2, 0.25) is 0 Å². The summed E-state index contributed by atoms with van der Waals surface area (Å²) in [6.07, 6.45) is 0.366. The van der Waals surface area contributed by atoms with Gasteiger partial charge in [-0.3, -0.25) is 4.79 Å². The largest absolute Gasteiger partial charge is 0.388 e. The molecule has 0 fully saturated rings. The van der Waals surface area contributed by atoms with Crippen molar-refractivity contribution in [3.8, 4) is 0 Å². The van der Waals surface area contributed by atoms with Gasteiger partial charge in [0.05, 0.1) is 5.60 Å². The number of hydrogen-bond acceptors (Lipinski definition) is 4. The number of nitrogens with zero attached hydrogens (tertiary/aromatic N) is 1. The lowest BCUT2D eigenvalue weighted by Crippen LogP contribution is -2.48. The van der Waals surface area contributed by atoms with Crippen molar-refractivity contribution >= 4 is 11.6 Å².